The molecule has 1 rings (SSSR count). The number of aliphatic hydroxyl groups is 1. The fourth-order valence-corrected chi connectivity index (χ4v) is 1.39. The third kappa shape index (κ3) is 3.24. The van der Waals surface area contributed by atoms with Crippen LogP contribution in [0.5, 0.6) is 0 Å². The van der Waals surface area contributed by atoms with Crippen molar-refractivity contribution in [2.45, 2.75) is 20.0 Å². The Morgan fingerprint density at radius 2 is 2.19 bits per heavy atom. The van der Waals surface area contributed by atoms with Gasteiger partial charge in [0, 0.05) is 12.2 Å². The van der Waals surface area contributed by atoms with Crippen LogP contribution in [-0.2, 0) is 11.3 Å². The molecule has 0 radical (unpaired) electrons. The van der Waals surface area contributed by atoms with Gasteiger partial charge < -0.3 is 15.2 Å². The number of esters is 1. The number of rotatable bonds is 5. The molecule has 0 atom stereocenters. The Kier molecular flexibility index (Phi) is 4.79. The van der Waals surface area contributed by atoms with Gasteiger partial charge >= 0.3 is 5.97 Å². The second kappa shape index (κ2) is 6.12. The van der Waals surface area contributed by atoms with E-state index in [4.69, 9.17) is 5.11 Å². The van der Waals surface area contributed by atoms with Crippen LogP contribution in [0.3, 0.4) is 0 Å². The molecule has 88 valence electrons. The number of hydrogen-bond donors (Lipinski definition) is 2. The highest BCUT2D eigenvalue weighted by atomic mass is 16.5. The molecule has 0 spiro atoms. The van der Waals surface area contributed by atoms with Gasteiger partial charge in [-0.25, -0.2) is 4.79 Å². The van der Waals surface area contributed by atoms with Crippen molar-refractivity contribution >= 4 is 11.7 Å². The quantitative estimate of drug-likeness (QED) is 0.747. The van der Waals surface area contributed by atoms with E-state index in [1.807, 2.05) is 6.07 Å². The van der Waals surface area contributed by atoms with Crippen LogP contribution in [0.15, 0.2) is 18.2 Å². The first-order valence-corrected chi connectivity index (χ1v) is 5.28. The molecular formula is C12H17NO3. The van der Waals surface area contributed by atoms with Crippen LogP contribution in [0.2, 0.25) is 0 Å². The average molecular weight is 223 g/mol. The standard InChI is InChI=1S/C12H17NO3/c1-3-4-13-11-6-9(8-14)5-10(7-11)12(15)16-2/h5-7,13-14H,3-4,8H2,1-2H3. The van der Waals surface area contributed by atoms with Gasteiger partial charge in [0.15, 0.2) is 0 Å². The van der Waals surface area contributed by atoms with Gasteiger partial charge in [-0.1, -0.05) is 6.92 Å². The maximum absolute atomic E-state index is 11.4. The largest absolute Gasteiger partial charge is 0.465 e. The van der Waals surface area contributed by atoms with Crippen molar-refractivity contribution in [1.82, 2.24) is 0 Å². The molecule has 0 aromatic heterocycles. The summed E-state index contributed by atoms with van der Waals surface area (Å²) >= 11 is 0. The molecule has 0 fully saturated rings. The van der Waals surface area contributed by atoms with Crippen LogP contribution in [0.25, 0.3) is 0 Å². The first-order chi connectivity index (χ1) is 7.71. The van der Waals surface area contributed by atoms with Crippen LogP contribution in [0.4, 0.5) is 5.69 Å². The van der Waals surface area contributed by atoms with Crippen LogP contribution in [0, 0.1) is 0 Å². The maximum atomic E-state index is 11.4. The van der Waals surface area contributed by atoms with Gasteiger partial charge in [-0.3, -0.25) is 0 Å². The normalized spacial score (nSPS) is 9.94. The molecule has 16 heavy (non-hydrogen) atoms. The summed E-state index contributed by atoms with van der Waals surface area (Å²) in [6.07, 6.45) is 0.997. The number of methoxy groups -OCH3 is 1. The van der Waals surface area contributed by atoms with Crippen molar-refractivity contribution in [2.24, 2.45) is 0 Å². The smallest absolute Gasteiger partial charge is 0.337 e. The molecule has 0 bridgehead atoms. The van der Waals surface area contributed by atoms with Crippen LogP contribution < -0.4 is 5.32 Å². The fraction of sp³-hybridized carbons (Fsp3) is 0.417. The minimum atomic E-state index is -0.394. The van der Waals surface area contributed by atoms with Crippen LogP contribution >= 0.6 is 0 Å². The molecule has 4 heteroatoms. The van der Waals surface area contributed by atoms with Crippen molar-refractivity contribution in [3.05, 3.63) is 29.3 Å². The highest BCUT2D eigenvalue weighted by Gasteiger charge is 2.08. The molecule has 1 aromatic rings. The van der Waals surface area contributed by atoms with Crippen molar-refractivity contribution in [2.75, 3.05) is 19.0 Å². The summed E-state index contributed by atoms with van der Waals surface area (Å²) in [6.45, 7) is 2.80. The number of carbonyl (C=O) groups excluding carboxylic acids is 1. The van der Waals surface area contributed by atoms with E-state index in [1.165, 1.54) is 7.11 Å². The SMILES string of the molecule is CCCNc1cc(CO)cc(C(=O)OC)c1. The van der Waals surface area contributed by atoms with Crippen LogP contribution in [-0.4, -0.2) is 24.7 Å². The van der Waals surface area contributed by atoms with Crippen molar-refractivity contribution in [3.63, 3.8) is 0 Å². The summed E-state index contributed by atoms with van der Waals surface area (Å²) in [5.41, 5.74) is 1.97. The van der Waals surface area contributed by atoms with E-state index in [0.717, 1.165) is 18.7 Å². The lowest BCUT2D eigenvalue weighted by molar-refractivity contribution is 0.0600. The zero-order valence-corrected chi connectivity index (χ0v) is 9.62. The summed E-state index contributed by atoms with van der Waals surface area (Å²) in [4.78, 5) is 11.4. The predicted octanol–water partition coefficient (Wildman–Crippen LogP) is 1.79. The van der Waals surface area contributed by atoms with E-state index < -0.39 is 5.97 Å². The Labute approximate surface area is 95.2 Å². The molecule has 0 aliphatic rings. The molecule has 1 aromatic carbocycles. The zero-order valence-electron chi connectivity index (χ0n) is 9.62. The first-order valence-electron chi connectivity index (χ1n) is 5.28. The van der Waals surface area contributed by atoms with Crippen molar-refractivity contribution in [3.8, 4) is 0 Å². The second-order valence-electron chi connectivity index (χ2n) is 3.50. The monoisotopic (exact) mass is 223 g/mol. The van der Waals surface area contributed by atoms with Gasteiger partial charge in [0.05, 0.1) is 19.3 Å². The summed E-state index contributed by atoms with van der Waals surface area (Å²) in [7, 11) is 1.34. The number of hydrogen-bond acceptors (Lipinski definition) is 4. The molecule has 4 nitrogen and oxygen atoms in total. The summed E-state index contributed by atoms with van der Waals surface area (Å²) in [6, 6.07) is 5.17. The van der Waals surface area contributed by atoms with E-state index in [9.17, 15) is 4.79 Å². The molecule has 0 saturated heterocycles. The number of ether oxygens (including phenoxy) is 1. The van der Waals surface area contributed by atoms with E-state index in [0.29, 0.717) is 11.1 Å². The molecule has 0 amide bonds. The number of carbonyl (C=O) groups is 1. The van der Waals surface area contributed by atoms with Crippen molar-refractivity contribution < 1.29 is 14.6 Å². The van der Waals surface area contributed by atoms with E-state index >= 15 is 0 Å². The Hall–Kier alpha value is -1.55. The van der Waals surface area contributed by atoms with Gasteiger partial charge in [-0.2, -0.15) is 0 Å². The topological polar surface area (TPSA) is 58.6 Å². The minimum Gasteiger partial charge on any atom is -0.465 e. The Morgan fingerprint density at radius 3 is 2.75 bits per heavy atom. The lowest BCUT2D eigenvalue weighted by Gasteiger charge is -2.09. The molecule has 2 N–H and O–H groups in total. The molecule has 0 unspecified atom stereocenters. The van der Waals surface area contributed by atoms with Crippen LogP contribution in [0.1, 0.15) is 29.3 Å². The molecular weight excluding hydrogens is 206 g/mol. The lowest BCUT2D eigenvalue weighted by atomic mass is 10.1. The van der Waals surface area contributed by atoms with Gasteiger partial charge in [-0.05, 0) is 30.2 Å². The third-order valence-electron chi connectivity index (χ3n) is 2.18. The zero-order chi connectivity index (χ0) is 12.0. The second-order valence-corrected chi connectivity index (χ2v) is 3.50. The van der Waals surface area contributed by atoms with E-state index in [-0.39, 0.29) is 6.61 Å². The molecule has 0 heterocycles. The fourth-order valence-electron chi connectivity index (χ4n) is 1.39. The summed E-state index contributed by atoms with van der Waals surface area (Å²) in [5.74, 6) is -0.394. The Balaban J connectivity index is 2.96. The number of nitrogens with one attached hydrogen (secondary N) is 1. The van der Waals surface area contributed by atoms with Crippen molar-refractivity contribution in [1.29, 1.82) is 0 Å². The van der Waals surface area contributed by atoms with E-state index in [1.54, 1.807) is 12.1 Å². The maximum Gasteiger partial charge on any atom is 0.337 e. The highest BCUT2D eigenvalue weighted by Crippen LogP contribution is 2.16. The minimum absolute atomic E-state index is 0.0916. The lowest BCUT2D eigenvalue weighted by Crippen LogP contribution is -2.06. The predicted molar refractivity (Wildman–Crippen MR) is 62.5 cm³/mol. The summed E-state index contributed by atoms with van der Waals surface area (Å²) < 4.78 is 4.65. The molecule has 0 aliphatic carbocycles. The number of anilines is 1. The summed E-state index contributed by atoms with van der Waals surface area (Å²) in [5, 5.41) is 12.3. The Bertz CT molecular complexity index is 363. The number of benzene rings is 1. The van der Waals surface area contributed by atoms with Gasteiger partial charge in [-0.15, -0.1) is 0 Å². The number of aliphatic hydroxyl groups excluding tert-OH is 1. The Morgan fingerprint density at radius 1 is 1.44 bits per heavy atom. The molecule has 0 saturated carbocycles. The highest BCUT2D eigenvalue weighted by molar-refractivity contribution is 5.90. The first kappa shape index (κ1) is 12.5. The average Bonchev–Trinajstić information content (AvgIpc) is 2.34. The third-order valence-corrected chi connectivity index (χ3v) is 2.18. The molecule has 0 aliphatic heterocycles. The van der Waals surface area contributed by atoms with Gasteiger partial charge in [0.25, 0.3) is 0 Å². The van der Waals surface area contributed by atoms with Gasteiger partial charge in [0.1, 0.15) is 0 Å². The van der Waals surface area contributed by atoms with Gasteiger partial charge in [0.2, 0.25) is 0 Å². The van der Waals surface area contributed by atoms with E-state index in [2.05, 4.69) is 17.0 Å².